The summed E-state index contributed by atoms with van der Waals surface area (Å²) in [4.78, 5) is 10.1. The predicted octanol–water partition coefficient (Wildman–Crippen LogP) is 1.07. The van der Waals surface area contributed by atoms with Crippen molar-refractivity contribution in [1.82, 2.24) is 0 Å². The first-order valence-corrected chi connectivity index (χ1v) is 3.32. The van der Waals surface area contributed by atoms with Gasteiger partial charge in [-0.25, -0.2) is 0 Å². The number of aldehydes is 1. The van der Waals surface area contributed by atoms with Gasteiger partial charge in [-0.15, -0.1) is 0 Å². The van der Waals surface area contributed by atoms with Crippen LogP contribution >= 0.6 is 0 Å². The number of carbonyl (C=O) groups excluding carboxylic acids is 1. The van der Waals surface area contributed by atoms with Crippen molar-refractivity contribution < 1.29 is 4.79 Å². The third-order valence-corrected chi connectivity index (χ3v) is 1.56. The zero-order chi connectivity index (χ0) is 7.40. The molecule has 0 unspecified atom stereocenters. The Labute approximate surface area is 61.3 Å². The van der Waals surface area contributed by atoms with Gasteiger partial charge in [-0.1, -0.05) is 0 Å². The van der Waals surface area contributed by atoms with E-state index in [1.54, 1.807) is 0 Å². The van der Waals surface area contributed by atoms with Crippen LogP contribution in [-0.2, 0) is 11.2 Å². The topological polar surface area (TPSA) is 17.1 Å². The van der Waals surface area contributed by atoms with E-state index in [1.807, 2.05) is 31.8 Å². The fourth-order valence-electron chi connectivity index (χ4n) is 0.929. The molecule has 10 heavy (non-hydrogen) atoms. The second kappa shape index (κ2) is 3.30. The molecule has 0 bridgehead atoms. The van der Waals surface area contributed by atoms with Crippen molar-refractivity contribution in [2.24, 2.45) is 0 Å². The molecule has 1 nitrogen and oxygen atoms in total. The summed E-state index contributed by atoms with van der Waals surface area (Å²) in [5.41, 5.74) is 2.31. The molecule has 50 valence electrons. The van der Waals surface area contributed by atoms with Crippen molar-refractivity contribution in [2.45, 2.75) is 13.3 Å². The van der Waals surface area contributed by atoms with Crippen LogP contribution in [0.25, 0.3) is 0 Å². The van der Waals surface area contributed by atoms with E-state index >= 15 is 0 Å². The van der Waals surface area contributed by atoms with Crippen LogP contribution in [0.3, 0.4) is 0 Å². The van der Waals surface area contributed by atoms with E-state index < -0.39 is 0 Å². The maximum absolute atomic E-state index is 10.1. The van der Waals surface area contributed by atoms with Gasteiger partial charge >= 0.3 is 60.5 Å². The molecular weight excluding hydrogens is 123 g/mol. The molecule has 2 heteroatoms. The Hall–Kier alpha value is -0.915. The van der Waals surface area contributed by atoms with Gasteiger partial charge in [-0.3, -0.25) is 0 Å². The minimum atomic E-state index is 0.534. The van der Waals surface area contributed by atoms with Crippen LogP contribution in [0.2, 0.25) is 0 Å². The molecule has 1 heterocycles. The van der Waals surface area contributed by atoms with E-state index in [-0.39, 0.29) is 0 Å². The van der Waals surface area contributed by atoms with E-state index in [9.17, 15) is 4.79 Å². The molecule has 0 radical (unpaired) electrons. The van der Waals surface area contributed by atoms with Gasteiger partial charge in [-0.2, -0.15) is 0 Å². The van der Waals surface area contributed by atoms with Crippen molar-refractivity contribution in [1.29, 1.82) is 0 Å². The Morgan fingerprint density at radius 2 is 2.50 bits per heavy atom. The monoisotopic (exact) mass is 132 g/mol. The summed E-state index contributed by atoms with van der Waals surface area (Å²) >= 11 is 0. The normalized spacial score (nSPS) is 8.90. The van der Waals surface area contributed by atoms with Gasteiger partial charge in [0.25, 0.3) is 0 Å². The molecular formula is C8H9BO. The molecule has 0 N–H and O–H groups in total. The van der Waals surface area contributed by atoms with E-state index in [1.165, 1.54) is 5.56 Å². The van der Waals surface area contributed by atoms with Gasteiger partial charge in [0.15, 0.2) is 0 Å². The summed E-state index contributed by atoms with van der Waals surface area (Å²) in [6.45, 7) is 3.99. The molecule has 0 saturated heterocycles. The third-order valence-electron chi connectivity index (χ3n) is 1.56. The minimum absolute atomic E-state index is 0.534. The number of hydrogen-bond acceptors (Lipinski definition) is 1. The summed E-state index contributed by atoms with van der Waals surface area (Å²) < 4.78 is 0. The number of rotatable bonds is 2. The standard InChI is InChI=1S/C8H9BO/c1-7-6-9-4-2-8(7)3-5-10/h2,4-6H,3H2,1H3. The Morgan fingerprint density at radius 1 is 1.70 bits per heavy atom. The van der Waals surface area contributed by atoms with Crippen LogP contribution in [0.1, 0.15) is 11.1 Å². The zero-order valence-electron chi connectivity index (χ0n) is 6.00. The van der Waals surface area contributed by atoms with Crippen molar-refractivity contribution in [3.8, 4) is 0 Å². The molecule has 0 aliphatic heterocycles. The van der Waals surface area contributed by atoms with E-state index in [0.29, 0.717) is 6.42 Å². The summed E-state index contributed by atoms with van der Waals surface area (Å²) in [7, 11) is 0. The molecule has 0 spiro atoms. The van der Waals surface area contributed by atoms with Crippen LogP contribution < -0.4 is 0 Å². The zero-order valence-corrected chi connectivity index (χ0v) is 6.00. The van der Waals surface area contributed by atoms with Crippen LogP contribution in [0.4, 0.5) is 0 Å². The van der Waals surface area contributed by atoms with Gasteiger partial charge in [0.05, 0.1) is 0 Å². The summed E-state index contributed by atoms with van der Waals surface area (Å²) in [6, 6.07) is 1.98. The summed E-state index contributed by atoms with van der Waals surface area (Å²) in [5, 5.41) is 0. The van der Waals surface area contributed by atoms with Crippen LogP contribution in [-0.4, -0.2) is 13.2 Å². The SMILES string of the molecule is Cc1cbccc1CC=O. The van der Waals surface area contributed by atoms with Crippen molar-refractivity contribution in [2.75, 3.05) is 0 Å². The third kappa shape index (κ3) is 1.53. The molecule has 0 fully saturated rings. The molecule has 1 aromatic heterocycles. The quantitative estimate of drug-likeness (QED) is 0.550. The molecule has 0 aliphatic rings. The second-order valence-electron chi connectivity index (χ2n) is 2.30. The predicted molar refractivity (Wildman–Crippen MR) is 42.3 cm³/mol. The summed E-state index contributed by atoms with van der Waals surface area (Å²) in [5.74, 6) is 3.96. The Bertz CT molecular complexity index is 232. The Kier molecular flexibility index (Phi) is 2.38. The second-order valence-corrected chi connectivity index (χ2v) is 2.30. The fourth-order valence-corrected chi connectivity index (χ4v) is 0.929. The van der Waals surface area contributed by atoms with E-state index in [0.717, 1.165) is 11.8 Å². The maximum atomic E-state index is 10.1. The summed E-state index contributed by atoms with van der Waals surface area (Å²) in [6.07, 6.45) is 1.47. The average Bonchev–Trinajstić information content (AvgIpc) is 1.94. The molecule has 0 aromatic carbocycles. The van der Waals surface area contributed by atoms with Crippen molar-refractivity contribution >= 4 is 13.2 Å². The van der Waals surface area contributed by atoms with Crippen molar-refractivity contribution in [3.05, 3.63) is 29.1 Å². The molecule has 0 saturated carbocycles. The number of carbonyl (C=O) groups is 1. The van der Waals surface area contributed by atoms with Gasteiger partial charge < -0.3 is 0 Å². The first-order chi connectivity index (χ1) is 4.84. The molecule has 1 aromatic rings. The first kappa shape index (κ1) is 7.20. The Balaban J connectivity index is 2.91. The van der Waals surface area contributed by atoms with Gasteiger partial charge in [0, 0.05) is 0 Å². The number of hydrogen-bond donors (Lipinski definition) is 0. The number of aryl methyl sites for hydroxylation is 1. The Morgan fingerprint density at radius 3 is 3.10 bits per heavy atom. The van der Waals surface area contributed by atoms with Crippen molar-refractivity contribution in [3.63, 3.8) is 0 Å². The average molecular weight is 132 g/mol. The van der Waals surface area contributed by atoms with Gasteiger partial charge in [0.1, 0.15) is 0 Å². The van der Waals surface area contributed by atoms with Crippen LogP contribution in [0, 0.1) is 6.92 Å². The van der Waals surface area contributed by atoms with E-state index in [2.05, 4.69) is 0 Å². The molecule has 0 aliphatic carbocycles. The molecule has 0 atom stereocenters. The van der Waals surface area contributed by atoms with Gasteiger partial charge in [-0.05, 0) is 0 Å². The first-order valence-electron chi connectivity index (χ1n) is 3.32. The fraction of sp³-hybridized carbons (Fsp3) is 0.250. The van der Waals surface area contributed by atoms with Crippen LogP contribution in [0.15, 0.2) is 18.0 Å². The van der Waals surface area contributed by atoms with E-state index in [4.69, 9.17) is 0 Å². The molecule has 1 rings (SSSR count). The van der Waals surface area contributed by atoms with Gasteiger partial charge in [0.2, 0.25) is 0 Å². The van der Waals surface area contributed by atoms with Crippen LogP contribution in [0.5, 0.6) is 0 Å². The molecule has 0 amide bonds.